The Morgan fingerprint density at radius 2 is 2.07 bits per heavy atom. The van der Waals surface area contributed by atoms with E-state index in [1.807, 2.05) is 0 Å². The van der Waals surface area contributed by atoms with E-state index in [0.717, 1.165) is 0 Å². The Hall–Kier alpha value is -2.17. The standard InChI is InChI=1S/C10H9N3O2/c1-8-4-5-11-10(9(8)13(14)15)12-6-2-3-7-12/h2-7H,1H3. The largest absolute Gasteiger partial charge is 0.315 e. The molecule has 0 aliphatic carbocycles. The fraction of sp³-hybridized carbons (Fsp3) is 0.100. The Balaban J connectivity index is 2.66. The maximum absolute atomic E-state index is 10.9. The van der Waals surface area contributed by atoms with Gasteiger partial charge in [0.25, 0.3) is 0 Å². The predicted molar refractivity (Wildman–Crippen MR) is 55.0 cm³/mol. The van der Waals surface area contributed by atoms with E-state index in [0.29, 0.717) is 11.4 Å². The lowest BCUT2D eigenvalue weighted by Gasteiger charge is -2.04. The van der Waals surface area contributed by atoms with Crippen molar-refractivity contribution in [2.45, 2.75) is 6.92 Å². The van der Waals surface area contributed by atoms with E-state index < -0.39 is 4.92 Å². The van der Waals surface area contributed by atoms with Crippen molar-refractivity contribution in [3.63, 3.8) is 0 Å². The highest BCUT2D eigenvalue weighted by Gasteiger charge is 2.18. The zero-order valence-corrected chi connectivity index (χ0v) is 8.12. The topological polar surface area (TPSA) is 61.0 Å². The average Bonchev–Trinajstić information content (AvgIpc) is 2.69. The average molecular weight is 203 g/mol. The number of pyridine rings is 1. The van der Waals surface area contributed by atoms with Gasteiger partial charge in [-0.05, 0) is 25.1 Å². The minimum atomic E-state index is -0.405. The van der Waals surface area contributed by atoms with Gasteiger partial charge in [-0.1, -0.05) is 0 Å². The fourth-order valence-corrected chi connectivity index (χ4v) is 1.43. The van der Waals surface area contributed by atoms with Crippen LogP contribution in [0.3, 0.4) is 0 Å². The normalized spacial score (nSPS) is 10.2. The molecule has 0 N–H and O–H groups in total. The second kappa shape index (κ2) is 3.53. The summed E-state index contributed by atoms with van der Waals surface area (Å²) in [5.74, 6) is 0.352. The summed E-state index contributed by atoms with van der Waals surface area (Å²) in [5.41, 5.74) is 0.660. The molecule has 15 heavy (non-hydrogen) atoms. The van der Waals surface area contributed by atoms with Gasteiger partial charge >= 0.3 is 5.69 Å². The van der Waals surface area contributed by atoms with E-state index in [2.05, 4.69) is 4.98 Å². The van der Waals surface area contributed by atoms with E-state index in [9.17, 15) is 10.1 Å². The molecule has 0 aliphatic heterocycles. The van der Waals surface area contributed by atoms with Gasteiger partial charge in [0.05, 0.1) is 4.92 Å². The second-order valence-electron chi connectivity index (χ2n) is 3.15. The Kier molecular flexibility index (Phi) is 2.21. The van der Waals surface area contributed by atoms with E-state index in [4.69, 9.17) is 0 Å². The van der Waals surface area contributed by atoms with Crippen molar-refractivity contribution in [1.82, 2.24) is 9.55 Å². The summed E-state index contributed by atoms with van der Waals surface area (Å²) in [6.07, 6.45) is 5.03. The van der Waals surface area contributed by atoms with Crippen LogP contribution in [0.2, 0.25) is 0 Å². The van der Waals surface area contributed by atoms with Gasteiger partial charge in [0.15, 0.2) is 0 Å². The maximum Gasteiger partial charge on any atom is 0.315 e. The van der Waals surface area contributed by atoms with Crippen molar-refractivity contribution < 1.29 is 4.92 Å². The molecule has 76 valence electrons. The van der Waals surface area contributed by atoms with Gasteiger partial charge in [-0.3, -0.25) is 10.1 Å². The Bertz CT molecular complexity index is 491. The van der Waals surface area contributed by atoms with Gasteiger partial charge in [-0.25, -0.2) is 4.98 Å². The molecular weight excluding hydrogens is 194 g/mol. The summed E-state index contributed by atoms with van der Waals surface area (Å²) < 4.78 is 1.63. The summed E-state index contributed by atoms with van der Waals surface area (Å²) in [7, 11) is 0. The summed E-state index contributed by atoms with van der Waals surface area (Å²) in [4.78, 5) is 14.5. The van der Waals surface area contributed by atoms with Crippen LogP contribution >= 0.6 is 0 Å². The SMILES string of the molecule is Cc1ccnc(-n2cccc2)c1[N+](=O)[O-]. The third-order valence-corrected chi connectivity index (χ3v) is 2.14. The van der Waals surface area contributed by atoms with E-state index in [1.54, 1.807) is 48.3 Å². The Morgan fingerprint density at radius 1 is 1.40 bits per heavy atom. The molecular formula is C10H9N3O2. The van der Waals surface area contributed by atoms with Gasteiger partial charge < -0.3 is 4.57 Å². The van der Waals surface area contributed by atoms with Crippen LogP contribution in [0.15, 0.2) is 36.8 Å². The summed E-state index contributed by atoms with van der Waals surface area (Å²) in [5, 5.41) is 10.9. The Morgan fingerprint density at radius 3 is 2.67 bits per heavy atom. The number of hydrogen-bond acceptors (Lipinski definition) is 3. The molecule has 0 bridgehead atoms. The molecule has 2 rings (SSSR count). The quantitative estimate of drug-likeness (QED) is 0.554. The smallest absolute Gasteiger partial charge is 0.303 e. The summed E-state index contributed by atoms with van der Waals surface area (Å²) in [6, 6.07) is 5.23. The number of aromatic nitrogens is 2. The van der Waals surface area contributed by atoms with Crippen molar-refractivity contribution in [2.24, 2.45) is 0 Å². The summed E-state index contributed by atoms with van der Waals surface area (Å²) >= 11 is 0. The third kappa shape index (κ3) is 1.59. The van der Waals surface area contributed by atoms with Crippen LogP contribution in [0.4, 0.5) is 5.69 Å². The molecule has 0 saturated carbocycles. The summed E-state index contributed by atoms with van der Waals surface area (Å²) in [6.45, 7) is 1.70. The van der Waals surface area contributed by atoms with Crippen LogP contribution in [-0.2, 0) is 0 Å². The lowest BCUT2D eigenvalue weighted by atomic mass is 10.2. The molecule has 0 aromatic carbocycles. The highest BCUT2D eigenvalue weighted by atomic mass is 16.6. The lowest BCUT2D eigenvalue weighted by Crippen LogP contribution is -2.02. The minimum Gasteiger partial charge on any atom is -0.303 e. The van der Waals surface area contributed by atoms with Gasteiger partial charge in [0.2, 0.25) is 5.82 Å². The van der Waals surface area contributed by atoms with E-state index in [1.165, 1.54) is 0 Å². The molecule has 0 fully saturated rings. The van der Waals surface area contributed by atoms with Crippen molar-refractivity contribution in [2.75, 3.05) is 0 Å². The van der Waals surface area contributed by atoms with Crippen LogP contribution in [-0.4, -0.2) is 14.5 Å². The van der Waals surface area contributed by atoms with Crippen molar-refractivity contribution in [3.8, 4) is 5.82 Å². The number of nitro groups is 1. The number of aryl methyl sites for hydroxylation is 1. The third-order valence-electron chi connectivity index (χ3n) is 2.14. The first kappa shape index (κ1) is 9.39. The molecule has 0 radical (unpaired) electrons. The highest BCUT2D eigenvalue weighted by Crippen LogP contribution is 2.23. The number of nitrogens with zero attached hydrogens (tertiary/aromatic N) is 3. The molecule has 5 heteroatoms. The monoisotopic (exact) mass is 203 g/mol. The molecule has 2 aromatic rings. The Labute approximate surface area is 86.1 Å². The van der Waals surface area contributed by atoms with Crippen molar-refractivity contribution in [1.29, 1.82) is 0 Å². The molecule has 0 aliphatic rings. The molecule has 2 heterocycles. The van der Waals surface area contributed by atoms with Gasteiger partial charge in [-0.15, -0.1) is 0 Å². The van der Waals surface area contributed by atoms with Crippen LogP contribution in [0, 0.1) is 17.0 Å². The van der Waals surface area contributed by atoms with Gasteiger partial charge in [0, 0.05) is 24.2 Å². The van der Waals surface area contributed by atoms with E-state index >= 15 is 0 Å². The molecule has 2 aromatic heterocycles. The van der Waals surface area contributed by atoms with Gasteiger partial charge in [-0.2, -0.15) is 0 Å². The van der Waals surface area contributed by atoms with E-state index in [-0.39, 0.29) is 5.69 Å². The zero-order chi connectivity index (χ0) is 10.8. The zero-order valence-electron chi connectivity index (χ0n) is 8.12. The fourth-order valence-electron chi connectivity index (χ4n) is 1.43. The first-order valence-corrected chi connectivity index (χ1v) is 4.43. The van der Waals surface area contributed by atoms with Gasteiger partial charge in [0.1, 0.15) is 0 Å². The molecule has 0 amide bonds. The first-order valence-electron chi connectivity index (χ1n) is 4.43. The molecule has 0 unspecified atom stereocenters. The van der Waals surface area contributed by atoms with Crippen LogP contribution in [0.5, 0.6) is 0 Å². The van der Waals surface area contributed by atoms with Crippen LogP contribution in [0.1, 0.15) is 5.56 Å². The molecule has 0 spiro atoms. The van der Waals surface area contributed by atoms with Crippen molar-refractivity contribution in [3.05, 3.63) is 52.5 Å². The first-order chi connectivity index (χ1) is 7.20. The molecule has 0 atom stereocenters. The maximum atomic E-state index is 10.9. The number of rotatable bonds is 2. The van der Waals surface area contributed by atoms with Crippen LogP contribution < -0.4 is 0 Å². The molecule has 5 nitrogen and oxygen atoms in total. The minimum absolute atomic E-state index is 0.0497. The van der Waals surface area contributed by atoms with Crippen LogP contribution in [0.25, 0.3) is 5.82 Å². The lowest BCUT2D eigenvalue weighted by molar-refractivity contribution is -0.385. The predicted octanol–water partition coefficient (Wildman–Crippen LogP) is 2.09. The number of hydrogen-bond donors (Lipinski definition) is 0. The molecule has 0 saturated heterocycles. The van der Waals surface area contributed by atoms with Crippen molar-refractivity contribution >= 4 is 5.69 Å². The second-order valence-corrected chi connectivity index (χ2v) is 3.15. The highest BCUT2D eigenvalue weighted by molar-refractivity contribution is 5.52.